The number of aromatic nitrogens is 2. The van der Waals surface area contributed by atoms with E-state index in [0.717, 1.165) is 30.0 Å². The summed E-state index contributed by atoms with van der Waals surface area (Å²) in [6, 6.07) is 23.1. The minimum atomic E-state index is -0.254. The van der Waals surface area contributed by atoms with Crippen molar-refractivity contribution in [2.75, 3.05) is 31.2 Å². The first kappa shape index (κ1) is 18.1. The normalized spacial score (nSPS) is 14.1. The lowest BCUT2D eigenvalue weighted by molar-refractivity contribution is 0.0936. The Bertz CT molecular complexity index is 855. The molecule has 1 fully saturated rings. The topological polar surface area (TPSA) is 67.4 Å². The highest BCUT2D eigenvalue weighted by Crippen LogP contribution is 2.22. The summed E-state index contributed by atoms with van der Waals surface area (Å²) < 4.78 is 5.36. The van der Waals surface area contributed by atoms with E-state index in [1.165, 1.54) is 0 Å². The average molecular weight is 374 g/mol. The van der Waals surface area contributed by atoms with Crippen LogP contribution < -0.4 is 10.2 Å². The molecule has 0 aliphatic carbocycles. The fourth-order valence-corrected chi connectivity index (χ4v) is 3.26. The number of amides is 1. The van der Waals surface area contributed by atoms with Crippen molar-refractivity contribution in [1.29, 1.82) is 0 Å². The van der Waals surface area contributed by atoms with Crippen LogP contribution in [0.25, 0.3) is 0 Å². The number of benzene rings is 2. The van der Waals surface area contributed by atoms with Crippen molar-refractivity contribution in [3.05, 3.63) is 89.6 Å². The molecular formula is C22H22N4O2. The van der Waals surface area contributed by atoms with Crippen LogP contribution in [0.4, 0.5) is 5.82 Å². The van der Waals surface area contributed by atoms with E-state index < -0.39 is 0 Å². The molecule has 2 heterocycles. The van der Waals surface area contributed by atoms with E-state index in [1.54, 1.807) is 6.07 Å². The minimum absolute atomic E-state index is 0.251. The summed E-state index contributed by atoms with van der Waals surface area (Å²) in [7, 11) is 0. The van der Waals surface area contributed by atoms with Crippen LogP contribution in [0.1, 0.15) is 27.7 Å². The molecule has 1 aliphatic rings. The average Bonchev–Trinajstić information content (AvgIpc) is 2.79. The van der Waals surface area contributed by atoms with Gasteiger partial charge >= 0.3 is 0 Å². The van der Waals surface area contributed by atoms with Crippen LogP contribution in [0, 0.1) is 0 Å². The molecule has 142 valence electrons. The van der Waals surface area contributed by atoms with E-state index in [1.807, 2.05) is 66.7 Å². The van der Waals surface area contributed by atoms with Gasteiger partial charge in [0.25, 0.3) is 5.91 Å². The lowest BCUT2D eigenvalue weighted by atomic mass is 9.98. The Morgan fingerprint density at radius 2 is 1.46 bits per heavy atom. The first-order valence-electron chi connectivity index (χ1n) is 9.38. The first-order chi connectivity index (χ1) is 13.8. The summed E-state index contributed by atoms with van der Waals surface area (Å²) in [6.45, 7) is 2.92. The molecule has 0 bridgehead atoms. The number of carbonyl (C=O) groups excluding carboxylic acids is 1. The number of morpholine rings is 1. The van der Waals surface area contributed by atoms with Gasteiger partial charge in [-0.25, -0.2) is 0 Å². The van der Waals surface area contributed by atoms with Crippen molar-refractivity contribution in [2.24, 2.45) is 0 Å². The third-order valence-corrected chi connectivity index (χ3v) is 4.76. The maximum absolute atomic E-state index is 12.8. The zero-order valence-electron chi connectivity index (χ0n) is 15.5. The van der Waals surface area contributed by atoms with Crippen LogP contribution in [0.15, 0.2) is 72.8 Å². The first-order valence-corrected chi connectivity index (χ1v) is 9.38. The molecule has 4 rings (SSSR count). The van der Waals surface area contributed by atoms with Crippen molar-refractivity contribution in [2.45, 2.75) is 6.04 Å². The third-order valence-electron chi connectivity index (χ3n) is 4.76. The highest BCUT2D eigenvalue weighted by Gasteiger charge is 2.19. The highest BCUT2D eigenvalue weighted by atomic mass is 16.5. The molecule has 1 aromatic heterocycles. The number of hydrogen-bond acceptors (Lipinski definition) is 5. The van der Waals surface area contributed by atoms with E-state index in [9.17, 15) is 4.79 Å². The van der Waals surface area contributed by atoms with Crippen molar-refractivity contribution in [1.82, 2.24) is 15.5 Å². The van der Waals surface area contributed by atoms with Gasteiger partial charge in [-0.2, -0.15) is 0 Å². The number of carbonyl (C=O) groups is 1. The lowest BCUT2D eigenvalue weighted by Gasteiger charge is -2.27. The Kier molecular flexibility index (Phi) is 5.58. The SMILES string of the molecule is O=C(NC(c1ccccc1)c1ccccc1)c1ccc(N2CCOCC2)nn1. The van der Waals surface area contributed by atoms with Gasteiger partial charge in [-0.05, 0) is 23.3 Å². The molecule has 1 N–H and O–H groups in total. The van der Waals surface area contributed by atoms with E-state index in [-0.39, 0.29) is 11.9 Å². The lowest BCUT2D eigenvalue weighted by Crippen LogP contribution is -2.37. The zero-order chi connectivity index (χ0) is 19.2. The third kappa shape index (κ3) is 4.18. The molecule has 1 amide bonds. The predicted molar refractivity (Wildman–Crippen MR) is 107 cm³/mol. The Hall–Kier alpha value is -3.25. The molecule has 0 unspecified atom stereocenters. The van der Waals surface area contributed by atoms with Crippen LogP contribution in [0.5, 0.6) is 0 Å². The standard InChI is InChI=1S/C22H22N4O2/c27-22(19-11-12-20(25-24-19)26-13-15-28-16-14-26)23-21(17-7-3-1-4-8-17)18-9-5-2-6-10-18/h1-12,21H,13-16H2,(H,23,27). The fourth-order valence-electron chi connectivity index (χ4n) is 3.26. The fraction of sp³-hybridized carbons (Fsp3) is 0.227. The molecule has 2 aromatic carbocycles. The van der Waals surface area contributed by atoms with Gasteiger partial charge in [0, 0.05) is 13.1 Å². The van der Waals surface area contributed by atoms with Gasteiger partial charge in [0.2, 0.25) is 0 Å². The monoisotopic (exact) mass is 374 g/mol. The summed E-state index contributed by atoms with van der Waals surface area (Å²) in [5, 5.41) is 11.5. The van der Waals surface area contributed by atoms with E-state index >= 15 is 0 Å². The molecular weight excluding hydrogens is 352 g/mol. The van der Waals surface area contributed by atoms with Crippen molar-refractivity contribution >= 4 is 11.7 Å². The van der Waals surface area contributed by atoms with E-state index in [0.29, 0.717) is 18.9 Å². The second kappa shape index (κ2) is 8.63. The number of anilines is 1. The Morgan fingerprint density at radius 3 is 2.00 bits per heavy atom. The largest absolute Gasteiger partial charge is 0.378 e. The molecule has 28 heavy (non-hydrogen) atoms. The summed E-state index contributed by atoms with van der Waals surface area (Å²) in [5.74, 6) is 0.515. The molecule has 6 heteroatoms. The summed E-state index contributed by atoms with van der Waals surface area (Å²) in [4.78, 5) is 14.9. The smallest absolute Gasteiger partial charge is 0.272 e. The molecule has 0 saturated carbocycles. The van der Waals surface area contributed by atoms with Crippen LogP contribution in [0.3, 0.4) is 0 Å². The summed E-state index contributed by atoms with van der Waals surface area (Å²) in [6.07, 6.45) is 0. The molecule has 1 aliphatic heterocycles. The number of nitrogens with zero attached hydrogens (tertiary/aromatic N) is 3. The van der Waals surface area contributed by atoms with Gasteiger partial charge < -0.3 is 15.0 Å². The van der Waals surface area contributed by atoms with Crippen molar-refractivity contribution in [3.63, 3.8) is 0 Å². The number of hydrogen-bond donors (Lipinski definition) is 1. The highest BCUT2D eigenvalue weighted by molar-refractivity contribution is 5.92. The second-order valence-corrected chi connectivity index (χ2v) is 6.60. The van der Waals surface area contributed by atoms with Gasteiger partial charge in [0.1, 0.15) is 0 Å². The Balaban J connectivity index is 1.53. The van der Waals surface area contributed by atoms with Crippen LogP contribution in [-0.4, -0.2) is 42.4 Å². The molecule has 0 radical (unpaired) electrons. The van der Waals surface area contributed by atoms with Gasteiger partial charge in [-0.3, -0.25) is 4.79 Å². The zero-order valence-corrected chi connectivity index (χ0v) is 15.5. The number of ether oxygens (including phenoxy) is 1. The summed E-state index contributed by atoms with van der Waals surface area (Å²) >= 11 is 0. The maximum atomic E-state index is 12.8. The van der Waals surface area contributed by atoms with Crippen molar-refractivity contribution < 1.29 is 9.53 Å². The molecule has 0 spiro atoms. The van der Waals surface area contributed by atoms with Gasteiger partial charge in [-0.15, -0.1) is 10.2 Å². The summed E-state index contributed by atoms with van der Waals surface area (Å²) in [5.41, 5.74) is 2.33. The van der Waals surface area contributed by atoms with E-state index in [4.69, 9.17) is 4.74 Å². The molecule has 6 nitrogen and oxygen atoms in total. The minimum Gasteiger partial charge on any atom is -0.378 e. The van der Waals surface area contributed by atoms with Crippen LogP contribution in [-0.2, 0) is 4.74 Å². The quantitative estimate of drug-likeness (QED) is 0.744. The molecule has 3 aromatic rings. The number of nitrogens with one attached hydrogen (secondary N) is 1. The van der Waals surface area contributed by atoms with E-state index in [2.05, 4.69) is 20.4 Å². The second-order valence-electron chi connectivity index (χ2n) is 6.60. The molecule has 1 saturated heterocycles. The van der Waals surface area contributed by atoms with Crippen molar-refractivity contribution in [3.8, 4) is 0 Å². The maximum Gasteiger partial charge on any atom is 0.272 e. The van der Waals surface area contributed by atoms with Gasteiger partial charge in [-0.1, -0.05) is 60.7 Å². The number of rotatable bonds is 5. The molecule has 0 atom stereocenters. The predicted octanol–water partition coefficient (Wildman–Crippen LogP) is 2.83. The van der Waals surface area contributed by atoms with Gasteiger partial charge in [0.15, 0.2) is 11.5 Å². The Labute approximate surface area is 164 Å². The van der Waals surface area contributed by atoms with Crippen LogP contribution in [0.2, 0.25) is 0 Å². The van der Waals surface area contributed by atoms with Gasteiger partial charge in [0.05, 0.1) is 19.3 Å². The van der Waals surface area contributed by atoms with Crippen LogP contribution >= 0.6 is 0 Å². The Morgan fingerprint density at radius 1 is 0.857 bits per heavy atom.